The molecule has 76 valence electrons. The van der Waals surface area contributed by atoms with E-state index in [4.69, 9.17) is 10.5 Å². The van der Waals surface area contributed by atoms with E-state index in [2.05, 4.69) is 20.9 Å². The molecule has 1 aromatic heterocycles. The van der Waals surface area contributed by atoms with Gasteiger partial charge in [0.25, 0.3) is 0 Å². The first-order chi connectivity index (χ1) is 7.25. The first-order valence-electron chi connectivity index (χ1n) is 4.39. The fraction of sp³-hybridized carbons (Fsp3) is 0. The quantitative estimate of drug-likeness (QED) is 0.906. The van der Waals surface area contributed by atoms with Crippen molar-refractivity contribution < 1.29 is 4.74 Å². The number of anilines is 1. The molecule has 0 aliphatic rings. The van der Waals surface area contributed by atoms with Crippen LogP contribution in [0.2, 0.25) is 0 Å². The number of hydrogen-bond donors (Lipinski definition) is 1. The van der Waals surface area contributed by atoms with E-state index in [1.165, 1.54) is 0 Å². The van der Waals surface area contributed by atoms with Gasteiger partial charge in [-0.05, 0) is 34.1 Å². The van der Waals surface area contributed by atoms with E-state index in [-0.39, 0.29) is 0 Å². The van der Waals surface area contributed by atoms with Crippen molar-refractivity contribution in [3.8, 4) is 11.6 Å². The fourth-order valence-corrected chi connectivity index (χ4v) is 1.46. The number of nitrogen functional groups attached to an aromatic ring is 1. The third kappa shape index (κ3) is 2.47. The monoisotopic (exact) mass is 264 g/mol. The van der Waals surface area contributed by atoms with E-state index in [9.17, 15) is 0 Å². The van der Waals surface area contributed by atoms with E-state index < -0.39 is 0 Å². The lowest BCUT2D eigenvalue weighted by Crippen LogP contribution is -1.90. The minimum atomic E-state index is 0.524. The number of halogens is 1. The van der Waals surface area contributed by atoms with Crippen LogP contribution in [0.25, 0.3) is 0 Å². The molecule has 0 saturated heterocycles. The lowest BCUT2D eigenvalue weighted by atomic mass is 10.3. The van der Waals surface area contributed by atoms with Gasteiger partial charge in [0.15, 0.2) is 0 Å². The molecule has 0 amide bonds. The maximum absolute atomic E-state index is 5.55. The lowest BCUT2D eigenvalue weighted by Gasteiger charge is -2.05. The first-order valence-corrected chi connectivity index (χ1v) is 5.19. The molecule has 0 saturated carbocycles. The van der Waals surface area contributed by atoms with Crippen LogP contribution in [-0.2, 0) is 0 Å². The van der Waals surface area contributed by atoms with Gasteiger partial charge < -0.3 is 10.5 Å². The molecule has 0 bridgehead atoms. The second-order valence-corrected chi connectivity index (χ2v) is 3.82. The normalized spacial score (nSPS) is 9.93. The van der Waals surface area contributed by atoms with Crippen molar-refractivity contribution in [2.75, 3.05) is 5.73 Å². The first kappa shape index (κ1) is 9.98. The Morgan fingerprint density at radius 3 is 2.60 bits per heavy atom. The molecule has 2 aromatic rings. The van der Waals surface area contributed by atoms with Crippen molar-refractivity contribution in [1.82, 2.24) is 4.98 Å². The van der Waals surface area contributed by atoms with Crippen LogP contribution >= 0.6 is 15.9 Å². The summed E-state index contributed by atoms with van der Waals surface area (Å²) < 4.78 is 6.44. The van der Waals surface area contributed by atoms with Gasteiger partial charge in [-0.2, -0.15) is 0 Å². The number of hydrogen-bond acceptors (Lipinski definition) is 3. The average molecular weight is 265 g/mol. The Labute approximate surface area is 96.0 Å². The highest BCUT2D eigenvalue weighted by molar-refractivity contribution is 9.10. The Kier molecular flexibility index (Phi) is 2.87. The van der Waals surface area contributed by atoms with Crippen LogP contribution in [0.5, 0.6) is 11.6 Å². The number of para-hydroxylation sites is 1. The largest absolute Gasteiger partial charge is 0.438 e. The molecule has 0 spiro atoms. The van der Waals surface area contributed by atoms with Crippen molar-refractivity contribution >= 4 is 21.6 Å². The molecule has 1 heterocycles. The van der Waals surface area contributed by atoms with Gasteiger partial charge in [-0.25, -0.2) is 4.98 Å². The van der Waals surface area contributed by atoms with Crippen LogP contribution in [0.15, 0.2) is 47.1 Å². The zero-order valence-corrected chi connectivity index (χ0v) is 9.44. The second kappa shape index (κ2) is 4.31. The van der Waals surface area contributed by atoms with Gasteiger partial charge in [0.1, 0.15) is 5.75 Å². The standard InChI is InChI=1S/C11H9BrN2O/c12-9-3-1-2-4-10(9)15-11-6-5-8(13)7-14-11/h1-7H,13H2. The Balaban J connectivity index is 2.22. The third-order valence-corrected chi connectivity index (χ3v) is 2.47. The third-order valence-electron chi connectivity index (χ3n) is 1.81. The number of aromatic nitrogens is 1. The molecule has 0 atom stereocenters. The summed E-state index contributed by atoms with van der Waals surface area (Å²) in [6, 6.07) is 11.1. The summed E-state index contributed by atoms with van der Waals surface area (Å²) in [4.78, 5) is 4.05. The van der Waals surface area contributed by atoms with Gasteiger partial charge in [-0.15, -0.1) is 0 Å². The zero-order chi connectivity index (χ0) is 10.7. The zero-order valence-electron chi connectivity index (χ0n) is 7.85. The Morgan fingerprint density at radius 2 is 1.93 bits per heavy atom. The van der Waals surface area contributed by atoms with E-state index >= 15 is 0 Å². The molecular formula is C11H9BrN2O. The lowest BCUT2D eigenvalue weighted by molar-refractivity contribution is 0.460. The number of ether oxygens (including phenoxy) is 1. The predicted molar refractivity (Wildman–Crippen MR) is 62.9 cm³/mol. The highest BCUT2D eigenvalue weighted by atomic mass is 79.9. The van der Waals surface area contributed by atoms with Gasteiger partial charge in [0.05, 0.1) is 16.4 Å². The Morgan fingerprint density at radius 1 is 1.13 bits per heavy atom. The van der Waals surface area contributed by atoms with Gasteiger partial charge in [0.2, 0.25) is 5.88 Å². The molecule has 0 radical (unpaired) electrons. The van der Waals surface area contributed by atoms with Crippen LogP contribution in [0, 0.1) is 0 Å². The smallest absolute Gasteiger partial charge is 0.219 e. The summed E-state index contributed by atoms with van der Waals surface area (Å²) in [5.41, 5.74) is 6.14. The van der Waals surface area contributed by atoms with E-state index in [0.717, 1.165) is 10.2 Å². The summed E-state index contributed by atoms with van der Waals surface area (Å²) >= 11 is 3.39. The number of rotatable bonds is 2. The summed E-state index contributed by atoms with van der Waals surface area (Å²) in [6.45, 7) is 0. The molecule has 1 aromatic carbocycles. The predicted octanol–water partition coefficient (Wildman–Crippen LogP) is 3.22. The second-order valence-electron chi connectivity index (χ2n) is 2.96. The van der Waals surface area contributed by atoms with Crippen LogP contribution in [0.4, 0.5) is 5.69 Å². The molecule has 0 aliphatic heterocycles. The SMILES string of the molecule is Nc1ccc(Oc2ccccc2Br)nc1. The summed E-state index contributed by atoms with van der Waals surface area (Å²) in [6.07, 6.45) is 1.56. The highest BCUT2D eigenvalue weighted by Crippen LogP contribution is 2.28. The molecule has 0 unspecified atom stereocenters. The molecule has 0 fully saturated rings. The topological polar surface area (TPSA) is 48.1 Å². The number of nitrogens with zero attached hydrogens (tertiary/aromatic N) is 1. The van der Waals surface area contributed by atoms with Crippen LogP contribution in [-0.4, -0.2) is 4.98 Å². The van der Waals surface area contributed by atoms with Crippen molar-refractivity contribution in [2.24, 2.45) is 0 Å². The van der Waals surface area contributed by atoms with Gasteiger partial charge in [-0.3, -0.25) is 0 Å². The number of nitrogens with two attached hydrogens (primary N) is 1. The van der Waals surface area contributed by atoms with E-state index in [1.807, 2.05) is 24.3 Å². The fourth-order valence-electron chi connectivity index (χ4n) is 1.09. The van der Waals surface area contributed by atoms with Gasteiger partial charge in [0, 0.05) is 6.07 Å². The van der Waals surface area contributed by atoms with Crippen molar-refractivity contribution in [2.45, 2.75) is 0 Å². The van der Waals surface area contributed by atoms with Gasteiger partial charge >= 0.3 is 0 Å². The van der Waals surface area contributed by atoms with E-state index in [1.54, 1.807) is 18.3 Å². The maximum atomic E-state index is 5.55. The molecule has 2 rings (SSSR count). The van der Waals surface area contributed by atoms with Crippen LogP contribution < -0.4 is 10.5 Å². The molecule has 4 heteroatoms. The summed E-state index contributed by atoms with van der Waals surface area (Å²) in [5, 5.41) is 0. The Hall–Kier alpha value is -1.55. The Bertz CT molecular complexity index is 456. The molecule has 3 nitrogen and oxygen atoms in total. The van der Waals surface area contributed by atoms with Crippen LogP contribution in [0.3, 0.4) is 0 Å². The number of benzene rings is 1. The highest BCUT2D eigenvalue weighted by Gasteiger charge is 2.01. The molecule has 2 N–H and O–H groups in total. The average Bonchev–Trinajstić information content (AvgIpc) is 2.25. The van der Waals surface area contributed by atoms with Crippen molar-refractivity contribution in [3.05, 3.63) is 47.1 Å². The molecule has 15 heavy (non-hydrogen) atoms. The van der Waals surface area contributed by atoms with Crippen molar-refractivity contribution in [1.29, 1.82) is 0 Å². The van der Waals surface area contributed by atoms with Crippen LogP contribution in [0.1, 0.15) is 0 Å². The minimum Gasteiger partial charge on any atom is -0.438 e. The maximum Gasteiger partial charge on any atom is 0.219 e. The van der Waals surface area contributed by atoms with Crippen molar-refractivity contribution in [3.63, 3.8) is 0 Å². The van der Waals surface area contributed by atoms with E-state index in [0.29, 0.717) is 11.6 Å². The summed E-state index contributed by atoms with van der Waals surface area (Å²) in [5.74, 6) is 1.26. The molecular weight excluding hydrogens is 256 g/mol. The minimum absolute atomic E-state index is 0.524. The molecule has 0 aliphatic carbocycles. The van der Waals surface area contributed by atoms with Gasteiger partial charge in [-0.1, -0.05) is 12.1 Å². The number of pyridine rings is 1. The summed E-state index contributed by atoms with van der Waals surface area (Å²) in [7, 11) is 0.